The van der Waals surface area contributed by atoms with Gasteiger partial charge in [-0.05, 0) is 53.8 Å². The quantitative estimate of drug-likeness (QED) is 0.170. The van der Waals surface area contributed by atoms with Crippen LogP contribution in [0.1, 0.15) is 124 Å². The molecule has 2 unspecified atom stereocenters. The molecule has 0 aliphatic heterocycles. The molecule has 1 rings (SSSR count). The Kier molecular flexibility index (Phi) is 13.7. The molecule has 0 aliphatic carbocycles. The Morgan fingerprint density at radius 2 is 1.60 bits per heavy atom. The summed E-state index contributed by atoms with van der Waals surface area (Å²) in [7, 11) is -0.658. The van der Waals surface area contributed by atoms with Crippen LogP contribution in [0, 0.1) is 0 Å². The van der Waals surface area contributed by atoms with Crippen molar-refractivity contribution in [1.29, 1.82) is 0 Å². The van der Waals surface area contributed by atoms with E-state index in [1.807, 2.05) is 0 Å². The van der Waals surface area contributed by atoms with Gasteiger partial charge >= 0.3 is 8.56 Å². The molecule has 0 amide bonds. The number of hydrogen-bond acceptors (Lipinski definition) is 4. The molecule has 0 fully saturated rings. The predicted molar refractivity (Wildman–Crippen MR) is 157 cm³/mol. The van der Waals surface area contributed by atoms with E-state index in [0.717, 1.165) is 37.5 Å². The third-order valence-electron chi connectivity index (χ3n) is 6.72. The van der Waals surface area contributed by atoms with Crippen LogP contribution in [0.2, 0.25) is 12.6 Å². The molecule has 0 aliphatic rings. The third-order valence-corrected chi connectivity index (χ3v) is 10.7. The topological polar surface area (TPSA) is 35.5 Å². The summed E-state index contributed by atoms with van der Waals surface area (Å²) in [5.74, 6) is 0.948. The molecule has 0 saturated carbocycles. The van der Waals surface area contributed by atoms with Gasteiger partial charge in [-0.25, -0.2) is 0 Å². The van der Waals surface area contributed by atoms with Crippen LogP contribution in [0.15, 0.2) is 18.2 Å². The molecule has 0 radical (unpaired) electrons. The van der Waals surface area contributed by atoms with Gasteiger partial charge in [0.2, 0.25) is 0 Å². The van der Waals surface area contributed by atoms with Crippen molar-refractivity contribution in [2.45, 2.75) is 142 Å². The molecule has 202 valence electrons. The van der Waals surface area contributed by atoms with Crippen LogP contribution in [0.25, 0.3) is 0 Å². The Labute approximate surface area is 222 Å². The van der Waals surface area contributed by atoms with Gasteiger partial charge in [0.25, 0.3) is 0 Å². The molecule has 0 aromatic heterocycles. The first-order valence-corrected chi connectivity index (χ1v) is 17.2. The average molecular weight is 523 g/mol. The first-order chi connectivity index (χ1) is 16.3. The van der Waals surface area contributed by atoms with Crippen LogP contribution in [0.3, 0.4) is 0 Å². The minimum absolute atomic E-state index is 0.0240. The van der Waals surface area contributed by atoms with Crippen LogP contribution in [-0.4, -0.2) is 26.0 Å². The number of benzene rings is 1. The molecule has 0 saturated heterocycles. The highest BCUT2D eigenvalue weighted by Gasteiger charge is 2.35. The van der Waals surface area contributed by atoms with E-state index in [4.69, 9.17) is 8.85 Å². The number of carbonyl (C=O) groups is 1. The zero-order valence-corrected chi connectivity index (χ0v) is 26.3. The smallest absolute Gasteiger partial charge is 0.395 e. The molecule has 0 spiro atoms. The predicted octanol–water partition coefficient (Wildman–Crippen LogP) is 9.56. The van der Waals surface area contributed by atoms with Gasteiger partial charge in [-0.2, -0.15) is 0 Å². The number of thioether (sulfide) groups is 1. The summed E-state index contributed by atoms with van der Waals surface area (Å²) in [6.07, 6.45) is 9.78. The summed E-state index contributed by atoms with van der Waals surface area (Å²) in [4.78, 5) is 12.6. The molecule has 0 heterocycles. The summed E-state index contributed by atoms with van der Waals surface area (Å²) in [5.41, 5.74) is 2.62. The van der Waals surface area contributed by atoms with Crippen molar-refractivity contribution in [2.24, 2.45) is 0 Å². The van der Waals surface area contributed by atoms with Crippen molar-refractivity contribution in [3.8, 4) is 5.75 Å². The fraction of sp³-hybridized carbons (Fsp3) is 0.767. The molecule has 3 nitrogen and oxygen atoms in total. The van der Waals surface area contributed by atoms with Crippen LogP contribution in [0.4, 0.5) is 0 Å². The van der Waals surface area contributed by atoms with E-state index in [1.54, 1.807) is 18.9 Å². The Hall–Kier alpha value is -0.783. The largest absolute Gasteiger partial charge is 0.520 e. The minimum Gasteiger partial charge on any atom is -0.520 e. The van der Waals surface area contributed by atoms with Crippen molar-refractivity contribution < 1.29 is 13.6 Å². The number of rotatable bonds is 15. The molecule has 2 atom stereocenters. The van der Waals surface area contributed by atoms with E-state index in [2.05, 4.69) is 80.1 Å². The highest BCUT2D eigenvalue weighted by molar-refractivity contribution is 8.14. The summed E-state index contributed by atoms with van der Waals surface area (Å²) in [6.45, 7) is 20.1. The SMILES string of the molecule is CCCCCCCC(=O)SC(CCC)CC[Si](C)(OC)Oc1ccc(C(C)(C)C)cc1C(C)(C)C. The maximum atomic E-state index is 12.6. The highest BCUT2D eigenvalue weighted by atomic mass is 32.2. The lowest BCUT2D eigenvalue weighted by Gasteiger charge is -2.32. The second-order valence-corrected chi connectivity index (χ2v) is 17.0. The molecule has 1 aromatic carbocycles. The molecule has 5 heteroatoms. The molecule has 35 heavy (non-hydrogen) atoms. The monoisotopic (exact) mass is 522 g/mol. The van der Waals surface area contributed by atoms with Gasteiger partial charge in [-0.15, -0.1) is 0 Å². The zero-order chi connectivity index (χ0) is 26.7. The number of carbonyl (C=O) groups excluding carboxylic acids is 1. The van der Waals surface area contributed by atoms with Crippen molar-refractivity contribution >= 4 is 25.4 Å². The fourth-order valence-corrected chi connectivity index (χ4v) is 7.56. The molecular weight excluding hydrogens is 468 g/mol. The van der Waals surface area contributed by atoms with E-state index >= 15 is 0 Å². The van der Waals surface area contributed by atoms with Crippen molar-refractivity contribution in [2.75, 3.05) is 7.11 Å². The van der Waals surface area contributed by atoms with Crippen LogP contribution >= 0.6 is 11.8 Å². The van der Waals surface area contributed by atoms with Crippen LogP contribution < -0.4 is 4.43 Å². The Morgan fingerprint density at radius 3 is 2.14 bits per heavy atom. The maximum absolute atomic E-state index is 12.6. The van der Waals surface area contributed by atoms with Crippen LogP contribution in [-0.2, 0) is 20.1 Å². The van der Waals surface area contributed by atoms with Gasteiger partial charge in [0.15, 0.2) is 5.12 Å². The van der Waals surface area contributed by atoms with Crippen molar-refractivity contribution in [3.05, 3.63) is 29.3 Å². The van der Waals surface area contributed by atoms with Gasteiger partial charge in [-0.3, -0.25) is 4.79 Å². The van der Waals surface area contributed by atoms with Gasteiger partial charge < -0.3 is 8.85 Å². The van der Waals surface area contributed by atoms with Crippen LogP contribution in [0.5, 0.6) is 5.75 Å². The fourth-order valence-electron chi connectivity index (χ4n) is 4.22. The number of unbranched alkanes of at least 4 members (excludes halogenated alkanes) is 4. The normalized spacial score (nSPS) is 15.0. The maximum Gasteiger partial charge on any atom is 0.395 e. The Bertz CT molecular complexity index is 766. The Morgan fingerprint density at radius 1 is 0.943 bits per heavy atom. The second kappa shape index (κ2) is 14.8. The highest BCUT2D eigenvalue weighted by Crippen LogP contribution is 2.37. The third kappa shape index (κ3) is 11.9. The molecule has 1 aromatic rings. The minimum atomic E-state index is -2.45. The number of hydrogen-bond donors (Lipinski definition) is 0. The van der Waals surface area contributed by atoms with E-state index in [1.165, 1.54) is 36.8 Å². The van der Waals surface area contributed by atoms with E-state index < -0.39 is 8.56 Å². The second-order valence-electron chi connectivity index (χ2n) is 12.3. The van der Waals surface area contributed by atoms with E-state index in [0.29, 0.717) is 16.8 Å². The lowest BCUT2D eigenvalue weighted by molar-refractivity contribution is -0.111. The van der Waals surface area contributed by atoms with Crippen molar-refractivity contribution in [1.82, 2.24) is 0 Å². The van der Waals surface area contributed by atoms with Gasteiger partial charge in [-0.1, -0.05) is 111 Å². The lowest BCUT2D eigenvalue weighted by Crippen LogP contribution is -2.42. The summed E-state index contributed by atoms with van der Waals surface area (Å²) in [5, 5.41) is 0.702. The summed E-state index contributed by atoms with van der Waals surface area (Å²) < 4.78 is 12.8. The molecule has 0 N–H and O–H groups in total. The van der Waals surface area contributed by atoms with Gasteiger partial charge in [0, 0.05) is 24.8 Å². The summed E-state index contributed by atoms with van der Waals surface area (Å²) in [6, 6.07) is 7.54. The Balaban J connectivity index is 2.89. The molecular formula is C30H54O3SSi. The van der Waals surface area contributed by atoms with E-state index in [9.17, 15) is 4.79 Å². The standard InChI is InChI=1S/C30H54O3SSi/c1-11-13-14-15-16-18-28(31)34-25(17-12-2)21-22-35(10,32-9)33-27-20-19-24(29(3,4)5)23-26(27)30(6,7)8/h19-20,23,25H,11-18,21-22H2,1-10H3. The molecule has 0 bridgehead atoms. The first kappa shape index (κ1) is 32.2. The lowest BCUT2D eigenvalue weighted by atomic mass is 9.80. The summed E-state index contributed by atoms with van der Waals surface area (Å²) >= 11 is 1.57. The zero-order valence-electron chi connectivity index (χ0n) is 24.5. The van der Waals surface area contributed by atoms with Gasteiger partial charge in [0.05, 0.1) is 0 Å². The van der Waals surface area contributed by atoms with Gasteiger partial charge in [0.1, 0.15) is 5.75 Å². The van der Waals surface area contributed by atoms with Crippen molar-refractivity contribution in [3.63, 3.8) is 0 Å². The first-order valence-electron chi connectivity index (χ1n) is 13.8. The average Bonchev–Trinajstić information content (AvgIpc) is 2.76. The van der Waals surface area contributed by atoms with E-state index in [-0.39, 0.29) is 10.8 Å².